The molecule has 7 atom stereocenters. The Morgan fingerprint density at radius 1 is 0.552 bits per heavy atom. The summed E-state index contributed by atoms with van der Waals surface area (Å²) in [5.74, 6) is -0.229. The molecule has 1 fully saturated rings. The molecule has 6 N–H and O–H groups in total. The van der Waals surface area contributed by atoms with Gasteiger partial charge in [0, 0.05) is 12.8 Å². The zero-order chi connectivity index (χ0) is 48.8. The summed E-state index contributed by atoms with van der Waals surface area (Å²) < 4.78 is 16.6. The van der Waals surface area contributed by atoms with E-state index in [1.165, 1.54) is 103 Å². The first kappa shape index (κ1) is 62.6. The van der Waals surface area contributed by atoms with Gasteiger partial charge in [0.25, 0.3) is 0 Å². The second kappa shape index (κ2) is 46.0. The molecule has 1 amide bonds. The van der Waals surface area contributed by atoms with Gasteiger partial charge in [0.05, 0.1) is 32.0 Å². The second-order valence-corrected chi connectivity index (χ2v) is 18.9. The van der Waals surface area contributed by atoms with E-state index in [2.05, 4.69) is 55.6 Å². The topological polar surface area (TPSA) is 175 Å². The Hall–Kier alpha value is -2.38. The third kappa shape index (κ3) is 36.3. The minimum absolute atomic E-state index is 0.0152. The SMILES string of the molecule is CC/C=C/CC/C=C/CC/C=C/C(O)C(COC1OC(CO)C(O)C(O)C1O)NC(=O)CCCCCCC/C=C\CCCCCCCCCCCOC(=O)CCCCCCCCCCCCC. The Bertz CT molecular complexity index is 1250. The lowest BCUT2D eigenvalue weighted by atomic mass is 9.99. The standard InChI is InChI=1S/C56H101NO10/c1-3-5-7-9-11-13-23-28-32-36-40-44-52(61)65-45-41-37-33-29-25-22-20-18-16-15-17-19-21-24-27-31-35-39-43-51(60)57-48(47-66-56-55(64)54(63)53(62)50(46-58)67-56)49(59)42-38-34-30-26-14-12-10-8-6-4-2/h6,8,14,17,19,26,38,42,48-50,53-56,58-59,62-64H,3-5,7,9-13,15-16,18,20-25,27-37,39-41,43-47H2,1-2H3,(H,57,60)/b8-6+,19-17-,26-14+,42-38+. The van der Waals surface area contributed by atoms with E-state index < -0.39 is 49.5 Å². The fourth-order valence-corrected chi connectivity index (χ4v) is 8.29. The maximum absolute atomic E-state index is 13.0. The fourth-order valence-electron chi connectivity index (χ4n) is 8.29. The molecule has 0 bridgehead atoms. The zero-order valence-corrected chi connectivity index (χ0v) is 42.6. The maximum Gasteiger partial charge on any atom is 0.305 e. The van der Waals surface area contributed by atoms with Gasteiger partial charge in [-0.05, 0) is 77.0 Å². The molecule has 0 aromatic heterocycles. The summed E-state index contributed by atoms with van der Waals surface area (Å²) in [6, 6.07) is -0.844. The summed E-state index contributed by atoms with van der Waals surface area (Å²) >= 11 is 0. The predicted molar refractivity (Wildman–Crippen MR) is 274 cm³/mol. The highest BCUT2D eigenvalue weighted by atomic mass is 16.7. The molecule has 1 rings (SSSR count). The average molecular weight is 948 g/mol. The maximum atomic E-state index is 13.0. The van der Waals surface area contributed by atoms with Gasteiger partial charge in [0.2, 0.25) is 5.91 Å². The summed E-state index contributed by atoms with van der Waals surface area (Å²) in [6.07, 6.45) is 46.4. The van der Waals surface area contributed by atoms with Crippen LogP contribution in [0.15, 0.2) is 48.6 Å². The molecule has 11 heteroatoms. The van der Waals surface area contributed by atoms with Crippen LogP contribution in [0.3, 0.4) is 0 Å². The molecule has 1 aliphatic heterocycles. The molecule has 0 radical (unpaired) electrons. The van der Waals surface area contributed by atoms with Gasteiger partial charge >= 0.3 is 5.97 Å². The van der Waals surface area contributed by atoms with Gasteiger partial charge in [-0.25, -0.2) is 0 Å². The van der Waals surface area contributed by atoms with Crippen molar-refractivity contribution in [2.75, 3.05) is 19.8 Å². The number of amides is 1. The normalized spacial score (nSPS) is 19.9. The van der Waals surface area contributed by atoms with Crippen molar-refractivity contribution in [3.8, 4) is 0 Å². The van der Waals surface area contributed by atoms with Crippen LogP contribution < -0.4 is 5.32 Å². The van der Waals surface area contributed by atoms with Crippen LogP contribution in [0, 0.1) is 0 Å². The third-order valence-electron chi connectivity index (χ3n) is 12.7. The highest BCUT2D eigenvalue weighted by Crippen LogP contribution is 2.23. The number of hydrogen-bond donors (Lipinski definition) is 6. The first-order valence-electron chi connectivity index (χ1n) is 27.4. The molecule has 0 spiro atoms. The molecule has 390 valence electrons. The number of allylic oxidation sites excluding steroid dienone is 7. The minimum Gasteiger partial charge on any atom is -0.466 e. The minimum atomic E-state index is -1.58. The number of esters is 1. The third-order valence-corrected chi connectivity index (χ3v) is 12.7. The average Bonchev–Trinajstić information content (AvgIpc) is 3.32. The first-order chi connectivity index (χ1) is 32.7. The highest BCUT2D eigenvalue weighted by Gasteiger charge is 2.44. The van der Waals surface area contributed by atoms with Gasteiger partial charge in [-0.15, -0.1) is 0 Å². The number of nitrogens with one attached hydrogen (secondary N) is 1. The van der Waals surface area contributed by atoms with E-state index in [0.717, 1.165) is 96.3 Å². The van der Waals surface area contributed by atoms with Crippen LogP contribution in [0.4, 0.5) is 0 Å². The number of ether oxygens (including phenoxy) is 3. The monoisotopic (exact) mass is 948 g/mol. The lowest BCUT2D eigenvalue weighted by molar-refractivity contribution is -0.302. The molecule has 1 aliphatic rings. The molecule has 1 saturated heterocycles. The van der Waals surface area contributed by atoms with Crippen molar-refractivity contribution in [3.05, 3.63) is 48.6 Å². The summed E-state index contributed by atoms with van der Waals surface area (Å²) in [6.45, 7) is 4.16. The van der Waals surface area contributed by atoms with Crippen molar-refractivity contribution in [1.29, 1.82) is 0 Å². The Morgan fingerprint density at radius 3 is 1.55 bits per heavy atom. The largest absolute Gasteiger partial charge is 0.466 e. The summed E-state index contributed by atoms with van der Waals surface area (Å²) in [7, 11) is 0. The fraction of sp³-hybridized carbons (Fsp3) is 0.821. The van der Waals surface area contributed by atoms with Crippen LogP contribution in [0.5, 0.6) is 0 Å². The van der Waals surface area contributed by atoms with Crippen LogP contribution in [0.1, 0.15) is 232 Å². The van der Waals surface area contributed by atoms with E-state index in [9.17, 15) is 35.1 Å². The van der Waals surface area contributed by atoms with Gasteiger partial charge in [-0.3, -0.25) is 9.59 Å². The number of hydrogen-bond acceptors (Lipinski definition) is 10. The Morgan fingerprint density at radius 2 is 1.01 bits per heavy atom. The van der Waals surface area contributed by atoms with Crippen molar-refractivity contribution in [1.82, 2.24) is 5.32 Å². The number of rotatable bonds is 46. The van der Waals surface area contributed by atoms with Crippen LogP contribution in [0.2, 0.25) is 0 Å². The van der Waals surface area contributed by atoms with E-state index in [4.69, 9.17) is 14.2 Å². The van der Waals surface area contributed by atoms with E-state index >= 15 is 0 Å². The first-order valence-corrected chi connectivity index (χ1v) is 27.4. The highest BCUT2D eigenvalue weighted by molar-refractivity contribution is 5.76. The zero-order valence-electron chi connectivity index (χ0n) is 42.6. The molecule has 0 aliphatic carbocycles. The number of aliphatic hydroxyl groups is 5. The number of carbonyl (C=O) groups excluding carboxylic acids is 2. The quantitative estimate of drug-likeness (QED) is 0.0196. The van der Waals surface area contributed by atoms with Crippen molar-refractivity contribution in [2.24, 2.45) is 0 Å². The Kier molecular flexibility index (Phi) is 43.0. The predicted octanol–water partition coefficient (Wildman–Crippen LogP) is 11.7. The van der Waals surface area contributed by atoms with Crippen molar-refractivity contribution >= 4 is 11.9 Å². The lowest BCUT2D eigenvalue weighted by Gasteiger charge is -2.40. The van der Waals surface area contributed by atoms with Gasteiger partial charge in [-0.2, -0.15) is 0 Å². The smallest absolute Gasteiger partial charge is 0.305 e. The van der Waals surface area contributed by atoms with E-state index in [0.29, 0.717) is 25.9 Å². The number of unbranched alkanes of at least 4 members (excludes halogenated alkanes) is 26. The van der Waals surface area contributed by atoms with Crippen LogP contribution in [-0.2, 0) is 23.8 Å². The van der Waals surface area contributed by atoms with Crippen molar-refractivity contribution < 1.29 is 49.3 Å². The Labute approximate surface area is 408 Å². The van der Waals surface area contributed by atoms with Gasteiger partial charge in [0.1, 0.15) is 24.4 Å². The molecule has 7 unspecified atom stereocenters. The molecular formula is C56H101NO10. The summed E-state index contributed by atoms with van der Waals surface area (Å²) in [4.78, 5) is 25.0. The van der Waals surface area contributed by atoms with E-state index in [1.54, 1.807) is 6.08 Å². The summed E-state index contributed by atoms with van der Waals surface area (Å²) in [5.41, 5.74) is 0. The molecular weight excluding hydrogens is 847 g/mol. The van der Waals surface area contributed by atoms with Crippen LogP contribution in [-0.4, -0.2) is 100 Å². The second-order valence-electron chi connectivity index (χ2n) is 18.9. The molecule has 0 saturated carbocycles. The van der Waals surface area contributed by atoms with Crippen molar-refractivity contribution in [3.63, 3.8) is 0 Å². The molecule has 0 aromatic rings. The Balaban J connectivity index is 2.11. The van der Waals surface area contributed by atoms with Crippen LogP contribution >= 0.6 is 0 Å². The van der Waals surface area contributed by atoms with E-state index in [1.807, 2.05) is 6.08 Å². The number of carbonyl (C=O) groups is 2. The van der Waals surface area contributed by atoms with E-state index in [-0.39, 0.29) is 18.5 Å². The molecule has 67 heavy (non-hydrogen) atoms. The molecule has 1 heterocycles. The summed E-state index contributed by atoms with van der Waals surface area (Å²) in [5, 5.41) is 54.1. The van der Waals surface area contributed by atoms with Crippen LogP contribution in [0.25, 0.3) is 0 Å². The van der Waals surface area contributed by atoms with Gasteiger partial charge in [-0.1, -0.05) is 191 Å². The lowest BCUT2D eigenvalue weighted by Crippen LogP contribution is -2.60. The number of aliphatic hydroxyl groups excluding tert-OH is 5. The molecule has 11 nitrogen and oxygen atoms in total. The molecule has 0 aromatic carbocycles. The van der Waals surface area contributed by atoms with Crippen molar-refractivity contribution in [2.45, 2.75) is 275 Å². The van der Waals surface area contributed by atoms with Gasteiger partial charge < -0.3 is 45.1 Å². The van der Waals surface area contributed by atoms with Gasteiger partial charge in [0.15, 0.2) is 6.29 Å².